The van der Waals surface area contributed by atoms with E-state index in [1.807, 2.05) is 0 Å². The Kier molecular flexibility index (Phi) is 24.9. The number of hydrogen-bond donors (Lipinski definition) is 0. The van der Waals surface area contributed by atoms with Gasteiger partial charge in [-0.3, -0.25) is 0 Å². The van der Waals surface area contributed by atoms with Crippen LogP contribution in [-0.2, 0) is 9.59 Å². The second-order valence-corrected chi connectivity index (χ2v) is 12.1. The minimum Gasteiger partial charge on any atom is -0.211 e. The fraction of sp³-hybridized carbons (Fsp3) is 0.833. The first-order valence-electron chi connectivity index (χ1n) is 17.2. The van der Waals surface area contributed by atoms with Gasteiger partial charge in [0.2, 0.25) is 12.2 Å². The fourth-order valence-corrected chi connectivity index (χ4v) is 6.49. The van der Waals surface area contributed by atoms with Crippen molar-refractivity contribution in [1.82, 2.24) is 0 Å². The monoisotopic (exact) mass is 554 g/mol. The smallest absolute Gasteiger partial charge is 0.211 e. The van der Waals surface area contributed by atoms with Crippen LogP contribution < -0.4 is 0 Å². The van der Waals surface area contributed by atoms with Crippen LogP contribution in [0.15, 0.2) is 34.3 Å². The van der Waals surface area contributed by atoms with Gasteiger partial charge >= 0.3 is 0 Å². The van der Waals surface area contributed by atoms with Gasteiger partial charge in [-0.2, -0.15) is 0 Å². The average molecular weight is 555 g/mol. The van der Waals surface area contributed by atoms with Gasteiger partial charge in [-0.05, 0) is 68.6 Å². The van der Waals surface area contributed by atoms with Gasteiger partial charge in [-0.25, -0.2) is 19.6 Å². The van der Waals surface area contributed by atoms with E-state index in [0.717, 1.165) is 24.7 Å². The third kappa shape index (κ3) is 18.6. The SMILES string of the molecule is CCCCC/C=C/C1C(CCCCC)C=CC(CCCCCCCCN=C=O)C1CCCCCCCCN=C=O. The van der Waals surface area contributed by atoms with Crippen LogP contribution in [-0.4, -0.2) is 25.2 Å². The summed E-state index contributed by atoms with van der Waals surface area (Å²) < 4.78 is 0. The van der Waals surface area contributed by atoms with Crippen LogP contribution in [0.1, 0.15) is 155 Å². The summed E-state index contributed by atoms with van der Waals surface area (Å²) in [5.74, 6) is 2.91. The first kappa shape index (κ1) is 36.3. The molecule has 0 heterocycles. The van der Waals surface area contributed by atoms with Gasteiger partial charge in [-0.1, -0.05) is 134 Å². The summed E-state index contributed by atoms with van der Waals surface area (Å²) in [4.78, 5) is 27.8. The Balaban J connectivity index is 2.71. The Bertz CT molecular complexity index is 733. The molecule has 4 nitrogen and oxygen atoms in total. The summed E-state index contributed by atoms with van der Waals surface area (Å²) in [6.07, 6.45) is 41.8. The summed E-state index contributed by atoms with van der Waals surface area (Å²) in [5, 5.41) is 0. The molecule has 0 N–H and O–H groups in total. The quantitative estimate of drug-likeness (QED) is 0.0439. The molecular formula is C36H62N2O2. The molecule has 0 saturated heterocycles. The third-order valence-corrected chi connectivity index (χ3v) is 8.86. The predicted molar refractivity (Wildman–Crippen MR) is 171 cm³/mol. The molecule has 0 saturated carbocycles. The topological polar surface area (TPSA) is 58.9 Å². The van der Waals surface area contributed by atoms with Gasteiger partial charge in [0.25, 0.3) is 0 Å². The molecule has 0 aliphatic heterocycles. The van der Waals surface area contributed by atoms with Crippen LogP contribution >= 0.6 is 0 Å². The maximum absolute atomic E-state index is 10.2. The van der Waals surface area contributed by atoms with E-state index in [1.165, 1.54) is 128 Å². The lowest BCUT2D eigenvalue weighted by atomic mass is 9.66. The molecule has 4 atom stereocenters. The van der Waals surface area contributed by atoms with Gasteiger partial charge in [0.15, 0.2) is 0 Å². The van der Waals surface area contributed by atoms with Gasteiger partial charge in [-0.15, -0.1) is 0 Å². The predicted octanol–water partition coefficient (Wildman–Crippen LogP) is 10.9. The van der Waals surface area contributed by atoms with Crippen molar-refractivity contribution < 1.29 is 9.59 Å². The van der Waals surface area contributed by atoms with Crippen molar-refractivity contribution >= 4 is 12.2 Å². The fourth-order valence-electron chi connectivity index (χ4n) is 6.49. The van der Waals surface area contributed by atoms with Gasteiger partial charge in [0.05, 0.1) is 13.1 Å². The number of allylic oxidation sites excluding steroid dienone is 4. The van der Waals surface area contributed by atoms with Gasteiger partial charge in [0, 0.05) is 0 Å². The van der Waals surface area contributed by atoms with Crippen molar-refractivity contribution in [2.24, 2.45) is 33.7 Å². The normalized spacial score (nSPS) is 20.4. The Hall–Kier alpha value is -1.76. The zero-order chi connectivity index (χ0) is 28.9. The number of rotatable bonds is 27. The van der Waals surface area contributed by atoms with Crippen molar-refractivity contribution in [3.8, 4) is 0 Å². The van der Waals surface area contributed by atoms with Crippen LogP contribution in [0.3, 0.4) is 0 Å². The summed E-state index contributed by atoms with van der Waals surface area (Å²) in [7, 11) is 0. The molecular weight excluding hydrogens is 492 g/mol. The molecule has 4 heteroatoms. The molecule has 0 amide bonds. The maximum Gasteiger partial charge on any atom is 0.234 e. The molecule has 0 spiro atoms. The molecule has 40 heavy (non-hydrogen) atoms. The molecule has 0 bridgehead atoms. The minimum atomic E-state index is 0.638. The van der Waals surface area contributed by atoms with Crippen LogP contribution in [0, 0.1) is 23.7 Å². The summed E-state index contributed by atoms with van der Waals surface area (Å²) >= 11 is 0. The lowest BCUT2D eigenvalue weighted by Gasteiger charge is -2.39. The average Bonchev–Trinajstić information content (AvgIpc) is 2.96. The van der Waals surface area contributed by atoms with Gasteiger partial charge < -0.3 is 0 Å². The lowest BCUT2D eigenvalue weighted by Crippen LogP contribution is -2.30. The highest BCUT2D eigenvalue weighted by molar-refractivity contribution is 5.32. The van der Waals surface area contributed by atoms with E-state index < -0.39 is 0 Å². The molecule has 0 aromatic heterocycles. The van der Waals surface area contributed by atoms with Crippen molar-refractivity contribution in [2.45, 2.75) is 155 Å². The highest BCUT2D eigenvalue weighted by atomic mass is 16.1. The zero-order valence-corrected chi connectivity index (χ0v) is 26.3. The van der Waals surface area contributed by atoms with E-state index in [2.05, 4.69) is 48.1 Å². The number of hydrogen-bond acceptors (Lipinski definition) is 4. The number of isocyanates is 2. The van der Waals surface area contributed by atoms with E-state index >= 15 is 0 Å². The molecule has 1 aliphatic carbocycles. The summed E-state index contributed by atoms with van der Waals surface area (Å²) in [6, 6.07) is 0. The molecule has 0 aromatic rings. The largest absolute Gasteiger partial charge is 0.234 e. The molecule has 228 valence electrons. The Morgan fingerprint density at radius 1 is 0.575 bits per heavy atom. The standard InChI is InChI=1S/C36H62N2O2/c1-3-5-7-12-19-25-35-33(23-17-6-4-2)27-28-34(24-18-13-8-10-15-21-29-37-31-39)36(35)26-20-14-9-11-16-22-30-38-32-40/h19,25,27-28,33-36H,3-18,20-24,26,29-30H2,1-2H3/b25-19+. The maximum atomic E-state index is 10.2. The highest BCUT2D eigenvalue weighted by Crippen LogP contribution is 2.43. The molecule has 0 radical (unpaired) electrons. The first-order valence-corrected chi connectivity index (χ1v) is 17.2. The lowest BCUT2D eigenvalue weighted by molar-refractivity contribution is 0.196. The number of carbonyl (C=O) groups excluding carboxylic acids is 2. The molecule has 4 unspecified atom stereocenters. The van der Waals surface area contributed by atoms with E-state index in [0.29, 0.717) is 24.9 Å². The van der Waals surface area contributed by atoms with E-state index in [1.54, 1.807) is 12.2 Å². The molecule has 1 rings (SSSR count). The van der Waals surface area contributed by atoms with Crippen molar-refractivity contribution in [3.05, 3.63) is 24.3 Å². The second kappa shape index (κ2) is 27.4. The third-order valence-electron chi connectivity index (χ3n) is 8.86. The molecule has 1 aliphatic rings. The van der Waals surface area contributed by atoms with Gasteiger partial charge in [0.1, 0.15) is 0 Å². The minimum absolute atomic E-state index is 0.638. The van der Waals surface area contributed by atoms with Crippen molar-refractivity contribution in [1.29, 1.82) is 0 Å². The van der Waals surface area contributed by atoms with E-state index in [-0.39, 0.29) is 0 Å². The van der Waals surface area contributed by atoms with Crippen LogP contribution in [0.2, 0.25) is 0 Å². The van der Waals surface area contributed by atoms with E-state index in [4.69, 9.17) is 0 Å². The molecule has 0 fully saturated rings. The van der Waals surface area contributed by atoms with Crippen LogP contribution in [0.4, 0.5) is 0 Å². The summed E-state index contributed by atoms with van der Waals surface area (Å²) in [6.45, 7) is 5.89. The highest BCUT2D eigenvalue weighted by Gasteiger charge is 2.33. The van der Waals surface area contributed by atoms with E-state index in [9.17, 15) is 9.59 Å². The molecule has 0 aromatic carbocycles. The van der Waals surface area contributed by atoms with Crippen LogP contribution in [0.5, 0.6) is 0 Å². The Morgan fingerprint density at radius 3 is 1.65 bits per heavy atom. The van der Waals surface area contributed by atoms with Crippen molar-refractivity contribution in [3.63, 3.8) is 0 Å². The number of aliphatic imine (C=N–C) groups is 2. The Labute approximate surface area is 247 Å². The Morgan fingerprint density at radius 2 is 1.05 bits per heavy atom. The second-order valence-electron chi connectivity index (χ2n) is 12.1. The summed E-state index contributed by atoms with van der Waals surface area (Å²) in [5.41, 5.74) is 0. The number of unbranched alkanes of at least 4 members (excludes halogenated alkanes) is 15. The first-order chi connectivity index (χ1) is 19.8. The van der Waals surface area contributed by atoms with Crippen molar-refractivity contribution in [2.75, 3.05) is 13.1 Å². The zero-order valence-electron chi connectivity index (χ0n) is 26.3. The van der Waals surface area contributed by atoms with Crippen LogP contribution in [0.25, 0.3) is 0 Å². The number of nitrogens with zero attached hydrogens (tertiary/aromatic N) is 2.